The minimum Gasteiger partial charge on any atom is -0.366 e. The van der Waals surface area contributed by atoms with Crippen LogP contribution in [0.5, 0.6) is 0 Å². The van der Waals surface area contributed by atoms with Crippen LogP contribution < -0.4 is 5.32 Å². The van der Waals surface area contributed by atoms with Crippen LogP contribution in [0.25, 0.3) is 0 Å². The molecule has 0 bridgehead atoms. The fourth-order valence-corrected chi connectivity index (χ4v) is 1.58. The van der Waals surface area contributed by atoms with E-state index in [1.165, 1.54) is 12.1 Å². The smallest absolute Gasteiger partial charge is 0.276 e. The third kappa shape index (κ3) is 3.14. The van der Waals surface area contributed by atoms with Gasteiger partial charge in [0.15, 0.2) is 0 Å². The molecule has 2 aromatic rings. The largest absolute Gasteiger partial charge is 0.366 e. The third-order valence-electron chi connectivity index (χ3n) is 2.21. The second-order valence-electron chi connectivity index (χ2n) is 3.50. The first-order chi connectivity index (χ1) is 8.65. The summed E-state index contributed by atoms with van der Waals surface area (Å²) in [4.78, 5) is 18.0. The molecular weight excluding hydrogens is 256 g/mol. The Morgan fingerprint density at radius 2 is 2.06 bits per heavy atom. The van der Waals surface area contributed by atoms with E-state index in [9.17, 15) is 10.1 Å². The van der Waals surface area contributed by atoms with E-state index in [0.717, 1.165) is 5.56 Å². The maximum atomic E-state index is 10.7. The second kappa shape index (κ2) is 5.42. The lowest BCUT2D eigenvalue weighted by molar-refractivity contribution is -0.384. The topological polar surface area (TPSA) is 81.0 Å². The molecule has 18 heavy (non-hydrogen) atoms. The highest BCUT2D eigenvalue weighted by molar-refractivity contribution is 6.29. The number of anilines is 1. The molecule has 0 unspecified atom stereocenters. The summed E-state index contributed by atoms with van der Waals surface area (Å²) in [6, 6.07) is 6.23. The summed E-state index contributed by atoms with van der Waals surface area (Å²) in [5, 5.41) is 13.7. The van der Waals surface area contributed by atoms with Crippen LogP contribution in [0.2, 0.25) is 5.15 Å². The normalized spacial score (nSPS) is 10.1. The number of nitrogens with one attached hydrogen (secondary N) is 1. The van der Waals surface area contributed by atoms with Crippen molar-refractivity contribution in [2.75, 3.05) is 5.32 Å². The van der Waals surface area contributed by atoms with E-state index >= 15 is 0 Å². The van der Waals surface area contributed by atoms with Crippen molar-refractivity contribution in [1.82, 2.24) is 9.97 Å². The van der Waals surface area contributed by atoms with Crippen LogP contribution in [0.1, 0.15) is 5.56 Å². The van der Waals surface area contributed by atoms with E-state index in [2.05, 4.69) is 15.3 Å². The van der Waals surface area contributed by atoms with Crippen LogP contribution in [0, 0.1) is 10.1 Å². The molecule has 0 amide bonds. The van der Waals surface area contributed by atoms with Gasteiger partial charge in [-0.15, -0.1) is 0 Å². The highest BCUT2D eigenvalue weighted by atomic mass is 35.5. The lowest BCUT2D eigenvalue weighted by Crippen LogP contribution is -2.02. The number of hydrogen-bond donors (Lipinski definition) is 1. The summed E-state index contributed by atoms with van der Waals surface area (Å²) in [6.45, 7) is 0.493. The van der Waals surface area contributed by atoms with E-state index in [4.69, 9.17) is 11.6 Å². The first kappa shape index (κ1) is 12.3. The van der Waals surface area contributed by atoms with Crippen LogP contribution in [0.3, 0.4) is 0 Å². The Labute approximate surface area is 108 Å². The zero-order chi connectivity index (χ0) is 13.0. The molecule has 0 saturated heterocycles. The van der Waals surface area contributed by atoms with Crippen molar-refractivity contribution in [2.24, 2.45) is 0 Å². The number of nitrogens with zero attached hydrogens (tertiary/aromatic N) is 3. The summed E-state index contributed by atoms with van der Waals surface area (Å²) in [6.07, 6.45) is 3.34. The SMILES string of the molecule is O=[N+]([O-])c1cc(Cl)nc(NCc2ccncc2)c1. The Balaban J connectivity index is 2.12. The summed E-state index contributed by atoms with van der Waals surface area (Å²) < 4.78 is 0. The van der Waals surface area contributed by atoms with Gasteiger partial charge < -0.3 is 5.32 Å². The van der Waals surface area contributed by atoms with E-state index < -0.39 is 4.92 Å². The standard InChI is InChI=1S/C11H9ClN4O2/c12-10-5-9(16(17)18)6-11(15-10)14-7-8-1-3-13-4-2-8/h1-6H,7H2,(H,14,15). The van der Waals surface area contributed by atoms with Crippen molar-refractivity contribution in [1.29, 1.82) is 0 Å². The van der Waals surface area contributed by atoms with E-state index in [1.807, 2.05) is 12.1 Å². The van der Waals surface area contributed by atoms with Gasteiger partial charge in [0.05, 0.1) is 17.1 Å². The lowest BCUT2D eigenvalue weighted by Gasteiger charge is -2.05. The molecule has 2 aromatic heterocycles. The molecule has 0 radical (unpaired) electrons. The molecule has 0 atom stereocenters. The Morgan fingerprint density at radius 1 is 1.33 bits per heavy atom. The maximum Gasteiger partial charge on any atom is 0.276 e. The average molecular weight is 265 g/mol. The van der Waals surface area contributed by atoms with Crippen LogP contribution in [-0.4, -0.2) is 14.9 Å². The number of rotatable bonds is 4. The minimum atomic E-state index is -0.509. The van der Waals surface area contributed by atoms with Crippen molar-refractivity contribution >= 4 is 23.1 Å². The van der Waals surface area contributed by atoms with Gasteiger partial charge >= 0.3 is 0 Å². The Kier molecular flexibility index (Phi) is 3.69. The number of aromatic nitrogens is 2. The summed E-state index contributed by atoms with van der Waals surface area (Å²) in [7, 11) is 0. The molecule has 0 fully saturated rings. The zero-order valence-corrected chi connectivity index (χ0v) is 9.96. The first-order valence-electron chi connectivity index (χ1n) is 5.10. The number of pyridine rings is 2. The molecule has 1 N–H and O–H groups in total. The van der Waals surface area contributed by atoms with Crippen molar-refractivity contribution in [3.63, 3.8) is 0 Å². The van der Waals surface area contributed by atoms with Crippen LogP contribution >= 0.6 is 11.6 Å². The van der Waals surface area contributed by atoms with Gasteiger partial charge in [-0.05, 0) is 17.7 Å². The summed E-state index contributed by atoms with van der Waals surface area (Å²) >= 11 is 5.71. The molecule has 2 heterocycles. The first-order valence-corrected chi connectivity index (χ1v) is 5.48. The van der Waals surface area contributed by atoms with Gasteiger partial charge in [-0.2, -0.15) is 0 Å². The maximum absolute atomic E-state index is 10.7. The zero-order valence-electron chi connectivity index (χ0n) is 9.21. The van der Waals surface area contributed by atoms with Gasteiger partial charge in [0.25, 0.3) is 5.69 Å². The van der Waals surface area contributed by atoms with Crippen molar-refractivity contribution in [3.8, 4) is 0 Å². The average Bonchev–Trinajstić information content (AvgIpc) is 2.37. The summed E-state index contributed by atoms with van der Waals surface area (Å²) in [5.74, 6) is 0.367. The van der Waals surface area contributed by atoms with Gasteiger partial charge in [-0.3, -0.25) is 15.1 Å². The molecule has 0 spiro atoms. The van der Waals surface area contributed by atoms with Gasteiger partial charge in [-0.25, -0.2) is 4.98 Å². The molecule has 6 nitrogen and oxygen atoms in total. The predicted octanol–water partition coefficient (Wildman–Crippen LogP) is 2.65. The van der Waals surface area contributed by atoms with E-state index in [-0.39, 0.29) is 10.8 Å². The highest BCUT2D eigenvalue weighted by Gasteiger charge is 2.09. The van der Waals surface area contributed by atoms with E-state index in [0.29, 0.717) is 12.4 Å². The van der Waals surface area contributed by atoms with Crippen LogP contribution in [-0.2, 0) is 6.54 Å². The molecular formula is C11H9ClN4O2. The molecule has 0 aliphatic rings. The van der Waals surface area contributed by atoms with Gasteiger partial charge in [-0.1, -0.05) is 11.6 Å². The Bertz CT molecular complexity index is 562. The van der Waals surface area contributed by atoms with Gasteiger partial charge in [0.2, 0.25) is 0 Å². The molecule has 2 rings (SSSR count). The minimum absolute atomic E-state index is 0.0847. The summed E-state index contributed by atoms with van der Waals surface area (Å²) in [5.41, 5.74) is 0.904. The number of halogens is 1. The van der Waals surface area contributed by atoms with Gasteiger partial charge in [0.1, 0.15) is 11.0 Å². The molecule has 0 aliphatic carbocycles. The fourth-order valence-electron chi connectivity index (χ4n) is 1.37. The molecule has 92 valence electrons. The number of hydrogen-bond acceptors (Lipinski definition) is 5. The highest BCUT2D eigenvalue weighted by Crippen LogP contribution is 2.20. The monoisotopic (exact) mass is 264 g/mol. The third-order valence-corrected chi connectivity index (χ3v) is 2.41. The second-order valence-corrected chi connectivity index (χ2v) is 3.89. The Hall–Kier alpha value is -2.21. The van der Waals surface area contributed by atoms with Crippen molar-refractivity contribution in [2.45, 2.75) is 6.54 Å². The Morgan fingerprint density at radius 3 is 2.72 bits per heavy atom. The van der Waals surface area contributed by atoms with Gasteiger partial charge in [0, 0.05) is 18.9 Å². The van der Waals surface area contributed by atoms with E-state index in [1.54, 1.807) is 12.4 Å². The quantitative estimate of drug-likeness (QED) is 0.522. The predicted molar refractivity (Wildman–Crippen MR) is 67.5 cm³/mol. The lowest BCUT2D eigenvalue weighted by atomic mass is 10.3. The van der Waals surface area contributed by atoms with Crippen LogP contribution in [0.15, 0.2) is 36.7 Å². The molecule has 0 aromatic carbocycles. The van der Waals surface area contributed by atoms with Crippen molar-refractivity contribution in [3.05, 3.63) is 57.5 Å². The molecule has 0 saturated carbocycles. The fraction of sp³-hybridized carbons (Fsp3) is 0.0909. The molecule has 0 aliphatic heterocycles. The molecule has 7 heteroatoms. The van der Waals surface area contributed by atoms with Crippen molar-refractivity contribution < 1.29 is 4.92 Å². The van der Waals surface area contributed by atoms with Crippen LogP contribution in [0.4, 0.5) is 11.5 Å². The number of nitro groups is 1.